The van der Waals surface area contributed by atoms with Crippen molar-refractivity contribution >= 4 is 49.4 Å². The number of piperidine rings is 1. The Morgan fingerprint density at radius 1 is 1.23 bits per heavy atom. The summed E-state index contributed by atoms with van der Waals surface area (Å²) in [6.07, 6.45) is 4.96. The Balaban J connectivity index is 1.55. The molecule has 35 heavy (non-hydrogen) atoms. The topological polar surface area (TPSA) is 77.3 Å². The first kappa shape index (κ1) is 23.8. The summed E-state index contributed by atoms with van der Waals surface area (Å²) in [5.41, 5.74) is 1.43. The number of amides is 1. The molecule has 5 rings (SSSR count). The van der Waals surface area contributed by atoms with E-state index in [4.69, 9.17) is 9.72 Å². The number of benzene rings is 1. The average Bonchev–Trinajstić information content (AvgIpc) is 3.25. The molecule has 0 N–H and O–H groups in total. The van der Waals surface area contributed by atoms with E-state index < -0.39 is 0 Å². The third-order valence-corrected chi connectivity index (χ3v) is 8.42. The van der Waals surface area contributed by atoms with Crippen LogP contribution in [0.25, 0.3) is 20.4 Å². The molecule has 1 saturated heterocycles. The van der Waals surface area contributed by atoms with Gasteiger partial charge in [-0.3, -0.25) is 14.2 Å². The molecule has 0 spiro atoms. The van der Waals surface area contributed by atoms with Gasteiger partial charge in [0.15, 0.2) is 5.16 Å². The molecule has 1 amide bonds. The van der Waals surface area contributed by atoms with Gasteiger partial charge in [-0.1, -0.05) is 30.0 Å². The molecule has 7 nitrogen and oxygen atoms in total. The third-order valence-electron chi connectivity index (χ3n) is 6.37. The molecule has 1 atom stereocenters. The van der Waals surface area contributed by atoms with Crippen molar-refractivity contribution in [2.24, 2.45) is 0 Å². The summed E-state index contributed by atoms with van der Waals surface area (Å²) in [5, 5.41) is 1.40. The maximum absolute atomic E-state index is 13.7. The zero-order valence-corrected chi connectivity index (χ0v) is 21.5. The number of thioether (sulfide) groups is 1. The number of carbonyl (C=O) groups excluding carboxylic acids is 1. The average molecular weight is 509 g/mol. The fourth-order valence-electron chi connectivity index (χ4n) is 4.57. The molecule has 9 heteroatoms. The van der Waals surface area contributed by atoms with Crippen LogP contribution in [0.1, 0.15) is 38.7 Å². The fourth-order valence-corrected chi connectivity index (χ4v) is 6.48. The van der Waals surface area contributed by atoms with Crippen molar-refractivity contribution in [1.29, 1.82) is 0 Å². The number of ether oxygens (including phenoxy) is 1. The van der Waals surface area contributed by atoms with Gasteiger partial charge in [-0.15, -0.1) is 11.3 Å². The van der Waals surface area contributed by atoms with E-state index in [1.165, 1.54) is 23.1 Å². The first-order chi connectivity index (χ1) is 17.1. The minimum Gasteiger partial charge on any atom is -0.494 e. The zero-order chi connectivity index (χ0) is 24.4. The summed E-state index contributed by atoms with van der Waals surface area (Å²) in [6, 6.07) is 11.8. The van der Waals surface area contributed by atoms with Crippen molar-refractivity contribution in [2.45, 2.75) is 50.9 Å². The largest absolute Gasteiger partial charge is 0.494 e. The van der Waals surface area contributed by atoms with E-state index in [2.05, 4.69) is 11.9 Å². The van der Waals surface area contributed by atoms with Crippen LogP contribution < -0.4 is 10.3 Å². The Morgan fingerprint density at radius 2 is 2.09 bits per heavy atom. The summed E-state index contributed by atoms with van der Waals surface area (Å²) in [6.45, 7) is 5.69. The lowest BCUT2D eigenvalue weighted by Gasteiger charge is -2.33. The van der Waals surface area contributed by atoms with Crippen LogP contribution >= 0.6 is 23.1 Å². The van der Waals surface area contributed by atoms with E-state index in [-0.39, 0.29) is 23.3 Å². The molecule has 1 fully saturated rings. The second-order valence-corrected chi connectivity index (χ2v) is 10.6. The van der Waals surface area contributed by atoms with Crippen molar-refractivity contribution in [1.82, 2.24) is 19.4 Å². The van der Waals surface area contributed by atoms with Crippen molar-refractivity contribution in [2.75, 3.05) is 18.9 Å². The van der Waals surface area contributed by atoms with Crippen LogP contribution in [0.2, 0.25) is 0 Å². The molecule has 3 aromatic heterocycles. The quantitative estimate of drug-likeness (QED) is 0.260. The smallest absolute Gasteiger partial charge is 0.272 e. The summed E-state index contributed by atoms with van der Waals surface area (Å²) < 4.78 is 8.05. The van der Waals surface area contributed by atoms with E-state index in [0.29, 0.717) is 28.5 Å². The minimum absolute atomic E-state index is 0.0923. The lowest BCUT2D eigenvalue weighted by atomic mass is 10.0. The van der Waals surface area contributed by atoms with Crippen LogP contribution in [0.3, 0.4) is 0 Å². The first-order valence-electron chi connectivity index (χ1n) is 12.0. The molecular weight excluding hydrogens is 480 g/mol. The molecule has 4 heterocycles. The molecule has 0 radical (unpaired) electrons. The summed E-state index contributed by atoms with van der Waals surface area (Å²) in [7, 11) is 0. The molecule has 0 bridgehead atoms. The number of para-hydroxylation sites is 1. The molecule has 1 aliphatic heterocycles. The monoisotopic (exact) mass is 508 g/mol. The van der Waals surface area contributed by atoms with E-state index in [0.717, 1.165) is 47.3 Å². The van der Waals surface area contributed by atoms with Gasteiger partial charge in [0.1, 0.15) is 15.3 Å². The van der Waals surface area contributed by atoms with Crippen LogP contribution in [0.15, 0.2) is 52.5 Å². The molecule has 1 aliphatic rings. The van der Waals surface area contributed by atoms with Crippen LogP contribution in [0, 0.1) is 0 Å². The van der Waals surface area contributed by atoms with Crippen molar-refractivity contribution in [3.63, 3.8) is 0 Å². The highest BCUT2D eigenvalue weighted by atomic mass is 32.2. The predicted molar refractivity (Wildman–Crippen MR) is 142 cm³/mol. The van der Waals surface area contributed by atoms with Gasteiger partial charge >= 0.3 is 0 Å². The molecule has 4 aromatic rings. The number of nitrogens with zero attached hydrogens (tertiary/aromatic N) is 4. The van der Waals surface area contributed by atoms with Crippen LogP contribution in [-0.2, 0) is 11.3 Å². The summed E-state index contributed by atoms with van der Waals surface area (Å²) in [5.74, 6) is 1.08. The van der Waals surface area contributed by atoms with Crippen LogP contribution in [-0.4, -0.2) is 50.3 Å². The number of hydrogen-bond acceptors (Lipinski definition) is 7. The van der Waals surface area contributed by atoms with Crippen molar-refractivity contribution < 1.29 is 9.53 Å². The van der Waals surface area contributed by atoms with Gasteiger partial charge < -0.3 is 9.64 Å². The Hall–Kier alpha value is -2.91. The Morgan fingerprint density at radius 3 is 2.91 bits per heavy atom. The first-order valence-corrected chi connectivity index (χ1v) is 13.8. The fraction of sp³-hybridized carbons (Fsp3) is 0.385. The van der Waals surface area contributed by atoms with E-state index in [9.17, 15) is 9.59 Å². The highest BCUT2D eigenvalue weighted by molar-refractivity contribution is 7.99. The number of pyridine rings is 1. The lowest BCUT2D eigenvalue weighted by Crippen LogP contribution is -2.43. The van der Waals surface area contributed by atoms with Gasteiger partial charge in [-0.05, 0) is 51.3 Å². The van der Waals surface area contributed by atoms with E-state index >= 15 is 0 Å². The second kappa shape index (κ2) is 10.4. The number of likely N-dealkylation sites (tertiary alicyclic amines) is 1. The van der Waals surface area contributed by atoms with Crippen molar-refractivity contribution in [3.8, 4) is 5.75 Å². The normalized spacial score (nSPS) is 16.2. The third kappa shape index (κ3) is 4.79. The van der Waals surface area contributed by atoms with Gasteiger partial charge in [0.25, 0.3) is 5.56 Å². The van der Waals surface area contributed by atoms with Crippen molar-refractivity contribution in [3.05, 3.63) is 58.5 Å². The number of hydrogen-bond donors (Lipinski definition) is 0. The molecular formula is C26H28N4O3S2. The highest BCUT2D eigenvalue weighted by Gasteiger charge is 2.24. The van der Waals surface area contributed by atoms with Crippen LogP contribution in [0.5, 0.6) is 5.75 Å². The Kier molecular flexibility index (Phi) is 7.06. The maximum atomic E-state index is 13.7. The second-order valence-electron chi connectivity index (χ2n) is 8.68. The molecule has 0 saturated carbocycles. The standard InChI is InChI=1S/C26H28N4O3S2/c1-3-33-20-12-5-4-10-18(20)15-30-25(32)23-22(19-11-8-13-27-24(19)35-23)28-26(30)34-16-21(31)29-14-7-6-9-17(29)2/h4-5,8,10-13,17H,3,6-7,9,14-16H2,1-2H3/t17-/m1/s1. The predicted octanol–water partition coefficient (Wildman–Crippen LogP) is 4.95. The highest BCUT2D eigenvalue weighted by Crippen LogP contribution is 2.31. The van der Waals surface area contributed by atoms with E-state index in [1.807, 2.05) is 48.2 Å². The van der Waals surface area contributed by atoms with Gasteiger partial charge in [0.2, 0.25) is 5.91 Å². The van der Waals surface area contributed by atoms with Crippen LogP contribution in [0.4, 0.5) is 0 Å². The molecule has 0 aliphatic carbocycles. The molecule has 0 unspecified atom stereocenters. The van der Waals surface area contributed by atoms with Gasteiger partial charge in [-0.2, -0.15) is 0 Å². The molecule has 1 aromatic carbocycles. The summed E-state index contributed by atoms with van der Waals surface area (Å²) in [4.78, 5) is 38.9. The molecule has 182 valence electrons. The number of aromatic nitrogens is 3. The lowest BCUT2D eigenvalue weighted by molar-refractivity contribution is -0.131. The number of thiophene rings is 1. The number of fused-ring (bicyclic) bond motifs is 3. The Labute approximate surface area is 212 Å². The zero-order valence-electron chi connectivity index (χ0n) is 19.9. The number of rotatable bonds is 7. The van der Waals surface area contributed by atoms with E-state index in [1.54, 1.807) is 10.8 Å². The minimum atomic E-state index is -0.120. The summed E-state index contributed by atoms with van der Waals surface area (Å²) >= 11 is 2.70. The van der Waals surface area contributed by atoms with Gasteiger partial charge in [0.05, 0.1) is 24.4 Å². The number of carbonyl (C=O) groups is 1. The SMILES string of the molecule is CCOc1ccccc1Cn1c(SCC(=O)N2CCCC[C@H]2C)nc2c(sc3ncccc32)c1=O. The van der Waals surface area contributed by atoms with Gasteiger partial charge in [0, 0.05) is 29.7 Å². The Bertz CT molecular complexity index is 1430. The maximum Gasteiger partial charge on any atom is 0.272 e. The van der Waals surface area contributed by atoms with Gasteiger partial charge in [-0.25, -0.2) is 9.97 Å².